The van der Waals surface area contributed by atoms with Gasteiger partial charge in [0.15, 0.2) is 0 Å². The molecular formula is C19H27ClN2. The topological polar surface area (TPSA) is 29.3 Å². The van der Waals surface area contributed by atoms with Gasteiger partial charge < -0.3 is 10.6 Å². The van der Waals surface area contributed by atoms with Gasteiger partial charge in [0.05, 0.1) is 0 Å². The number of hydrogen-bond donors (Lipinski definition) is 1. The van der Waals surface area contributed by atoms with Crippen LogP contribution in [0.5, 0.6) is 0 Å². The minimum Gasteiger partial charge on any atom is -0.371 e. The van der Waals surface area contributed by atoms with Crippen molar-refractivity contribution < 1.29 is 0 Å². The van der Waals surface area contributed by atoms with E-state index in [9.17, 15) is 0 Å². The molecular weight excluding hydrogens is 292 g/mol. The fourth-order valence-corrected chi connectivity index (χ4v) is 3.52. The van der Waals surface area contributed by atoms with E-state index in [1.807, 2.05) is 0 Å². The van der Waals surface area contributed by atoms with E-state index in [0.717, 1.165) is 19.5 Å². The fourth-order valence-electron chi connectivity index (χ4n) is 3.52. The lowest BCUT2D eigenvalue weighted by Gasteiger charge is -2.39. The first-order valence-corrected chi connectivity index (χ1v) is 8.28. The van der Waals surface area contributed by atoms with E-state index < -0.39 is 0 Å². The molecule has 3 heteroatoms. The summed E-state index contributed by atoms with van der Waals surface area (Å²) in [5, 5.41) is 2.69. The summed E-state index contributed by atoms with van der Waals surface area (Å²) in [6.45, 7) is 4.45. The van der Waals surface area contributed by atoms with E-state index in [1.54, 1.807) is 0 Å². The first-order chi connectivity index (χ1) is 10.3. The molecule has 0 radical (unpaired) electrons. The highest BCUT2D eigenvalue weighted by atomic mass is 35.5. The molecule has 2 N–H and O–H groups in total. The van der Waals surface area contributed by atoms with Crippen molar-refractivity contribution >= 4 is 28.9 Å². The molecule has 1 saturated heterocycles. The first kappa shape index (κ1) is 17.1. The van der Waals surface area contributed by atoms with Gasteiger partial charge in [0, 0.05) is 30.2 Å². The second-order valence-corrected chi connectivity index (χ2v) is 6.30. The molecule has 2 aromatic rings. The fraction of sp³-hybridized carbons (Fsp3) is 0.474. The molecule has 0 spiro atoms. The normalized spacial score (nSPS) is 21.6. The third-order valence-electron chi connectivity index (χ3n) is 4.83. The Morgan fingerprint density at radius 3 is 2.73 bits per heavy atom. The second-order valence-electron chi connectivity index (χ2n) is 6.30. The Kier molecular flexibility index (Phi) is 6.10. The van der Waals surface area contributed by atoms with Crippen molar-refractivity contribution in [3.05, 3.63) is 42.5 Å². The lowest BCUT2D eigenvalue weighted by atomic mass is 9.88. The minimum absolute atomic E-state index is 0. The highest BCUT2D eigenvalue weighted by Crippen LogP contribution is 2.31. The SMILES string of the molecule is CCCC[C@H]1CN(c2cccc3ccccc23)CC[C@@H]1N.Cl. The van der Waals surface area contributed by atoms with Gasteiger partial charge >= 0.3 is 0 Å². The molecule has 120 valence electrons. The average molecular weight is 319 g/mol. The van der Waals surface area contributed by atoms with Crippen LogP contribution in [0.4, 0.5) is 5.69 Å². The highest BCUT2D eigenvalue weighted by molar-refractivity contribution is 5.94. The number of halogens is 1. The minimum atomic E-state index is 0. The molecule has 0 aliphatic carbocycles. The molecule has 1 aliphatic heterocycles. The van der Waals surface area contributed by atoms with Crippen molar-refractivity contribution in [3.63, 3.8) is 0 Å². The van der Waals surface area contributed by atoms with Crippen LogP contribution in [0.1, 0.15) is 32.6 Å². The van der Waals surface area contributed by atoms with E-state index in [-0.39, 0.29) is 12.4 Å². The summed E-state index contributed by atoms with van der Waals surface area (Å²) in [6.07, 6.45) is 4.93. The summed E-state index contributed by atoms with van der Waals surface area (Å²) >= 11 is 0. The van der Waals surface area contributed by atoms with Crippen LogP contribution < -0.4 is 10.6 Å². The van der Waals surface area contributed by atoms with Gasteiger partial charge in [-0.25, -0.2) is 0 Å². The molecule has 0 amide bonds. The number of benzene rings is 2. The standard InChI is InChI=1S/C19H26N2.ClH/c1-2-3-7-16-14-21(13-12-18(16)20)19-11-6-9-15-8-4-5-10-17(15)19;/h4-6,8-11,16,18H,2-3,7,12-14,20H2,1H3;1H/t16-,18-;/m0./s1. The molecule has 2 atom stereocenters. The number of hydrogen-bond acceptors (Lipinski definition) is 2. The molecule has 1 aliphatic rings. The monoisotopic (exact) mass is 318 g/mol. The van der Waals surface area contributed by atoms with E-state index >= 15 is 0 Å². The van der Waals surface area contributed by atoms with Crippen molar-refractivity contribution in [1.82, 2.24) is 0 Å². The quantitative estimate of drug-likeness (QED) is 0.892. The Morgan fingerprint density at radius 2 is 1.91 bits per heavy atom. The molecule has 3 rings (SSSR count). The van der Waals surface area contributed by atoms with Crippen LogP contribution in [0, 0.1) is 5.92 Å². The zero-order valence-electron chi connectivity index (χ0n) is 13.4. The summed E-state index contributed by atoms with van der Waals surface area (Å²) in [5.74, 6) is 0.637. The van der Waals surface area contributed by atoms with E-state index in [2.05, 4.69) is 54.3 Å². The number of piperidine rings is 1. The largest absolute Gasteiger partial charge is 0.371 e. The smallest absolute Gasteiger partial charge is 0.0446 e. The molecule has 0 unspecified atom stereocenters. The van der Waals surface area contributed by atoms with Gasteiger partial charge in [-0.2, -0.15) is 0 Å². The molecule has 2 aromatic carbocycles. The number of anilines is 1. The van der Waals surface area contributed by atoms with E-state index in [0.29, 0.717) is 12.0 Å². The van der Waals surface area contributed by atoms with Crippen LogP contribution in [0.2, 0.25) is 0 Å². The third kappa shape index (κ3) is 3.56. The van der Waals surface area contributed by atoms with Gasteiger partial charge in [-0.1, -0.05) is 56.2 Å². The van der Waals surface area contributed by atoms with Crippen molar-refractivity contribution in [1.29, 1.82) is 0 Å². The van der Waals surface area contributed by atoms with Crippen LogP contribution >= 0.6 is 12.4 Å². The summed E-state index contributed by atoms with van der Waals surface area (Å²) < 4.78 is 0. The van der Waals surface area contributed by atoms with Crippen molar-refractivity contribution in [2.24, 2.45) is 11.7 Å². The van der Waals surface area contributed by atoms with Crippen molar-refractivity contribution in [3.8, 4) is 0 Å². The molecule has 2 nitrogen and oxygen atoms in total. The molecule has 1 fully saturated rings. The van der Waals surface area contributed by atoms with Gasteiger partial charge in [-0.15, -0.1) is 12.4 Å². The Balaban J connectivity index is 0.00000176. The average Bonchev–Trinajstić information content (AvgIpc) is 2.54. The van der Waals surface area contributed by atoms with Crippen LogP contribution in [-0.2, 0) is 0 Å². The Bertz CT molecular complexity index is 594. The van der Waals surface area contributed by atoms with Crippen LogP contribution in [0.25, 0.3) is 10.8 Å². The first-order valence-electron chi connectivity index (χ1n) is 8.28. The summed E-state index contributed by atoms with van der Waals surface area (Å²) in [5.41, 5.74) is 7.72. The van der Waals surface area contributed by atoms with Crippen LogP contribution in [0.3, 0.4) is 0 Å². The van der Waals surface area contributed by atoms with E-state index in [4.69, 9.17) is 5.73 Å². The summed E-state index contributed by atoms with van der Waals surface area (Å²) in [4.78, 5) is 2.55. The highest BCUT2D eigenvalue weighted by Gasteiger charge is 2.26. The van der Waals surface area contributed by atoms with Crippen LogP contribution in [0.15, 0.2) is 42.5 Å². The zero-order chi connectivity index (χ0) is 14.7. The van der Waals surface area contributed by atoms with Gasteiger partial charge in [-0.05, 0) is 30.2 Å². The lowest BCUT2D eigenvalue weighted by Crippen LogP contribution is -2.47. The van der Waals surface area contributed by atoms with Crippen molar-refractivity contribution in [2.45, 2.75) is 38.6 Å². The maximum Gasteiger partial charge on any atom is 0.0446 e. The molecule has 0 bridgehead atoms. The summed E-state index contributed by atoms with van der Waals surface area (Å²) in [6, 6.07) is 15.7. The van der Waals surface area contributed by atoms with Gasteiger partial charge in [-0.3, -0.25) is 0 Å². The second kappa shape index (κ2) is 7.85. The molecule has 22 heavy (non-hydrogen) atoms. The number of nitrogens with zero attached hydrogens (tertiary/aromatic N) is 1. The molecule has 0 aromatic heterocycles. The lowest BCUT2D eigenvalue weighted by molar-refractivity contribution is 0.330. The Morgan fingerprint density at radius 1 is 1.14 bits per heavy atom. The third-order valence-corrected chi connectivity index (χ3v) is 4.83. The van der Waals surface area contributed by atoms with Gasteiger partial charge in [0.1, 0.15) is 0 Å². The maximum absolute atomic E-state index is 6.35. The number of rotatable bonds is 4. The van der Waals surface area contributed by atoms with E-state index in [1.165, 1.54) is 35.7 Å². The maximum atomic E-state index is 6.35. The molecule has 1 heterocycles. The number of fused-ring (bicyclic) bond motifs is 1. The van der Waals surface area contributed by atoms with Gasteiger partial charge in [0.25, 0.3) is 0 Å². The Labute approximate surface area is 140 Å². The zero-order valence-corrected chi connectivity index (χ0v) is 14.2. The predicted molar refractivity (Wildman–Crippen MR) is 99.0 cm³/mol. The Hall–Kier alpha value is -1.25. The van der Waals surface area contributed by atoms with Crippen molar-refractivity contribution in [2.75, 3.05) is 18.0 Å². The van der Waals surface area contributed by atoms with Crippen LogP contribution in [-0.4, -0.2) is 19.1 Å². The number of unbranched alkanes of at least 4 members (excludes halogenated alkanes) is 1. The summed E-state index contributed by atoms with van der Waals surface area (Å²) in [7, 11) is 0. The molecule has 0 saturated carbocycles. The number of nitrogens with two attached hydrogens (primary N) is 1. The van der Waals surface area contributed by atoms with Gasteiger partial charge in [0.2, 0.25) is 0 Å². The predicted octanol–water partition coefficient (Wildman–Crippen LogP) is 4.61.